The molecule has 8 nitrogen and oxygen atoms in total. The topological polar surface area (TPSA) is 86.6 Å². The molecule has 43 heavy (non-hydrogen) atoms. The first-order valence-electron chi connectivity index (χ1n) is 15.4. The summed E-state index contributed by atoms with van der Waals surface area (Å²) in [7, 11) is 0. The number of aromatic hydroxyl groups is 1. The lowest BCUT2D eigenvalue weighted by molar-refractivity contribution is 0.108. The van der Waals surface area contributed by atoms with Crippen LogP contribution in [0.3, 0.4) is 0 Å². The highest BCUT2D eigenvalue weighted by molar-refractivity contribution is 6.04. The molecule has 4 aromatic rings. The number of nitrogens with one attached hydrogen (secondary N) is 1. The minimum Gasteiger partial charge on any atom is -0.508 e. The summed E-state index contributed by atoms with van der Waals surface area (Å²) in [5.41, 5.74) is 2.45. The van der Waals surface area contributed by atoms with Gasteiger partial charge in [0, 0.05) is 53.9 Å². The number of alkyl halides is 1. The highest BCUT2D eigenvalue weighted by Gasteiger charge is 2.45. The lowest BCUT2D eigenvalue weighted by Crippen LogP contribution is -2.50. The number of piperazine rings is 1. The lowest BCUT2D eigenvalue weighted by atomic mass is 9.94. The van der Waals surface area contributed by atoms with Crippen LogP contribution in [0.4, 0.5) is 10.2 Å². The molecule has 0 spiro atoms. The van der Waals surface area contributed by atoms with E-state index in [1.807, 2.05) is 18.2 Å². The first-order chi connectivity index (χ1) is 21.0. The average molecular weight is 581 g/mol. The number of phenolic OH excluding ortho intramolecular Hbond substituents is 1. The lowest BCUT2D eigenvalue weighted by Gasteiger charge is -2.35. The molecular weight excluding hydrogens is 543 g/mol. The Bertz CT molecular complexity index is 1730. The zero-order chi connectivity index (χ0) is 29.6. The number of pyridine rings is 1. The van der Waals surface area contributed by atoms with Crippen molar-refractivity contribution in [2.45, 2.75) is 57.3 Å². The van der Waals surface area contributed by atoms with Gasteiger partial charge in [0.05, 0.1) is 22.1 Å². The van der Waals surface area contributed by atoms with Gasteiger partial charge in [0.1, 0.15) is 24.8 Å². The average Bonchev–Trinajstić information content (AvgIpc) is 3.62. The number of rotatable bonds is 7. The van der Waals surface area contributed by atoms with Gasteiger partial charge in [-0.05, 0) is 68.8 Å². The number of terminal acetylenes is 1. The first-order valence-corrected chi connectivity index (χ1v) is 15.4. The van der Waals surface area contributed by atoms with E-state index in [0.717, 1.165) is 62.8 Å². The van der Waals surface area contributed by atoms with Gasteiger partial charge < -0.3 is 20.1 Å². The zero-order valence-electron chi connectivity index (χ0n) is 24.6. The van der Waals surface area contributed by atoms with Crippen molar-refractivity contribution in [2.75, 3.05) is 44.2 Å². The molecule has 3 aliphatic rings. The van der Waals surface area contributed by atoms with Gasteiger partial charge in [-0.1, -0.05) is 25.0 Å². The largest absolute Gasteiger partial charge is 0.508 e. The second-order valence-corrected chi connectivity index (χ2v) is 12.1. The Morgan fingerprint density at radius 1 is 1.19 bits per heavy atom. The summed E-state index contributed by atoms with van der Waals surface area (Å²) in [4.78, 5) is 19.4. The van der Waals surface area contributed by atoms with Crippen LogP contribution in [0.15, 0.2) is 36.5 Å². The first kappa shape index (κ1) is 27.8. The number of hydrogen-bond donors (Lipinski definition) is 2. The minimum absolute atomic E-state index is 0.0270. The number of aromatic nitrogens is 3. The number of anilines is 1. The van der Waals surface area contributed by atoms with Crippen LogP contribution in [-0.4, -0.2) is 75.9 Å². The summed E-state index contributed by atoms with van der Waals surface area (Å²) >= 11 is 0. The van der Waals surface area contributed by atoms with Gasteiger partial charge in [-0.2, -0.15) is 9.97 Å². The van der Waals surface area contributed by atoms with E-state index in [2.05, 4.69) is 28.0 Å². The number of phenols is 1. The van der Waals surface area contributed by atoms with E-state index in [1.54, 1.807) is 18.3 Å². The molecule has 0 amide bonds. The van der Waals surface area contributed by atoms with Crippen molar-refractivity contribution in [2.24, 2.45) is 0 Å². The fourth-order valence-electron chi connectivity index (χ4n) is 7.44. The van der Waals surface area contributed by atoms with Crippen LogP contribution in [0.2, 0.25) is 0 Å². The Morgan fingerprint density at radius 3 is 2.79 bits per heavy atom. The van der Waals surface area contributed by atoms with E-state index in [4.69, 9.17) is 26.1 Å². The van der Waals surface area contributed by atoms with Crippen molar-refractivity contribution < 1.29 is 14.2 Å². The molecule has 2 aromatic heterocycles. The smallest absolute Gasteiger partial charge is 0.319 e. The molecule has 9 heteroatoms. The standard InChI is InChI=1S/C34H37FN6O2/c1-3-22-8-5-9-23-16-25(42)17-26(29(22)23)30-27(18-35)31-28(19-37-30)32(40-15-12-36-24(4-2)20-40)39-33(38-31)43-21-34-10-6-13-41(34)14-7-11-34/h1,5,8-9,16-17,19,24,36,42H,4,6-7,10-15,18,20-21H2,2H3/t24-/m0/s1. The fraction of sp³-hybridized carbons (Fsp3) is 0.441. The van der Waals surface area contributed by atoms with Gasteiger partial charge in [0.15, 0.2) is 0 Å². The van der Waals surface area contributed by atoms with Gasteiger partial charge >= 0.3 is 6.01 Å². The number of ether oxygens (including phenoxy) is 1. The van der Waals surface area contributed by atoms with Crippen molar-refractivity contribution in [1.82, 2.24) is 25.2 Å². The van der Waals surface area contributed by atoms with Gasteiger partial charge in [0.2, 0.25) is 0 Å². The van der Waals surface area contributed by atoms with Crippen molar-refractivity contribution in [3.8, 4) is 35.4 Å². The summed E-state index contributed by atoms with van der Waals surface area (Å²) in [5.74, 6) is 3.51. The van der Waals surface area contributed by atoms with Crippen molar-refractivity contribution in [3.05, 3.63) is 47.7 Å². The summed E-state index contributed by atoms with van der Waals surface area (Å²) in [5, 5.41) is 16.4. The third kappa shape index (κ3) is 4.83. The Balaban J connectivity index is 1.40. The van der Waals surface area contributed by atoms with E-state index in [1.165, 1.54) is 12.8 Å². The molecule has 0 bridgehead atoms. The maximum atomic E-state index is 15.2. The molecule has 3 saturated heterocycles. The number of nitrogens with zero attached hydrogens (tertiary/aromatic N) is 5. The van der Waals surface area contributed by atoms with Gasteiger partial charge in [-0.3, -0.25) is 9.88 Å². The van der Waals surface area contributed by atoms with Crippen molar-refractivity contribution in [3.63, 3.8) is 0 Å². The predicted octanol–water partition coefficient (Wildman–Crippen LogP) is 5.20. The number of fused-ring (bicyclic) bond motifs is 3. The summed E-state index contributed by atoms with van der Waals surface area (Å²) < 4.78 is 21.7. The van der Waals surface area contributed by atoms with E-state index in [0.29, 0.717) is 51.8 Å². The van der Waals surface area contributed by atoms with Crippen LogP contribution in [0, 0.1) is 12.3 Å². The summed E-state index contributed by atoms with van der Waals surface area (Å²) in [6.07, 6.45) is 13.1. The number of hydrogen-bond acceptors (Lipinski definition) is 8. The Hall–Kier alpha value is -4.00. The van der Waals surface area contributed by atoms with E-state index in [9.17, 15) is 5.11 Å². The highest BCUT2D eigenvalue weighted by Crippen LogP contribution is 2.41. The third-order valence-corrected chi connectivity index (χ3v) is 9.63. The molecule has 2 N–H and O–H groups in total. The molecule has 2 aromatic carbocycles. The molecule has 0 unspecified atom stereocenters. The highest BCUT2D eigenvalue weighted by atomic mass is 19.1. The van der Waals surface area contributed by atoms with Crippen molar-refractivity contribution >= 4 is 27.5 Å². The van der Waals surface area contributed by atoms with Crippen LogP contribution in [0.1, 0.15) is 50.2 Å². The molecule has 3 aliphatic heterocycles. The van der Waals surface area contributed by atoms with E-state index >= 15 is 4.39 Å². The van der Waals surface area contributed by atoms with Crippen LogP contribution < -0.4 is 15.0 Å². The zero-order valence-corrected chi connectivity index (χ0v) is 24.6. The Kier molecular flexibility index (Phi) is 7.28. The molecule has 1 atom stereocenters. The van der Waals surface area contributed by atoms with Crippen LogP contribution in [0.25, 0.3) is 32.9 Å². The van der Waals surface area contributed by atoms with Gasteiger partial charge in [-0.25, -0.2) is 4.39 Å². The van der Waals surface area contributed by atoms with Crippen molar-refractivity contribution in [1.29, 1.82) is 0 Å². The summed E-state index contributed by atoms with van der Waals surface area (Å²) in [6.45, 7) is 6.44. The maximum Gasteiger partial charge on any atom is 0.319 e. The molecule has 5 heterocycles. The van der Waals surface area contributed by atoms with Gasteiger partial charge in [0.25, 0.3) is 0 Å². The normalized spacial score (nSPS) is 20.0. The third-order valence-electron chi connectivity index (χ3n) is 9.63. The predicted molar refractivity (Wildman–Crippen MR) is 167 cm³/mol. The van der Waals surface area contributed by atoms with Crippen LogP contribution in [-0.2, 0) is 6.67 Å². The second kappa shape index (κ2) is 11.3. The maximum absolute atomic E-state index is 15.2. The fourth-order valence-corrected chi connectivity index (χ4v) is 7.44. The molecule has 0 saturated carbocycles. The molecule has 7 rings (SSSR count). The molecule has 0 radical (unpaired) electrons. The Labute approximate surface area is 251 Å². The van der Waals surface area contributed by atoms with E-state index in [-0.39, 0.29) is 17.3 Å². The number of halogens is 1. The molecular formula is C34H37FN6O2. The second-order valence-electron chi connectivity index (χ2n) is 12.1. The van der Waals surface area contributed by atoms with E-state index < -0.39 is 6.67 Å². The van der Waals surface area contributed by atoms with Gasteiger partial charge in [-0.15, -0.1) is 6.42 Å². The molecule has 0 aliphatic carbocycles. The molecule has 3 fully saturated rings. The monoisotopic (exact) mass is 580 g/mol. The quantitative estimate of drug-likeness (QED) is 0.289. The molecule has 222 valence electrons. The Morgan fingerprint density at radius 2 is 2.02 bits per heavy atom. The summed E-state index contributed by atoms with van der Waals surface area (Å²) in [6, 6.07) is 9.41. The SMILES string of the molecule is C#Cc1cccc2cc(O)cc(-c3ncc4c(N5CCN[C@@H](CC)C5)nc(OCC56CCCN5CCC6)nc4c3CF)c12. The number of benzene rings is 2. The van der Waals surface area contributed by atoms with Crippen LogP contribution >= 0.6 is 0 Å². The minimum atomic E-state index is -0.804. The van der Waals surface area contributed by atoms with Crippen LogP contribution in [0.5, 0.6) is 11.8 Å².